The first-order valence-corrected chi connectivity index (χ1v) is 6.83. The Hall–Kier alpha value is -2.83. The molecule has 0 unspecified atom stereocenters. The molecule has 7 nitrogen and oxygen atoms in total. The van der Waals surface area contributed by atoms with Gasteiger partial charge in [0.25, 0.3) is 5.56 Å². The largest absolute Gasteiger partial charge is 0.494 e. The third-order valence-corrected chi connectivity index (χ3v) is 3.18. The molecule has 116 valence electrons. The summed E-state index contributed by atoms with van der Waals surface area (Å²) in [5, 5.41) is 9.81. The topological polar surface area (TPSA) is 102 Å². The lowest BCUT2D eigenvalue weighted by atomic mass is 10.1. The van der Waals surface area contributed by atoms with Crippen LogP contribution in [-0.4, -0.2) is 34.9 Å². The molecule has 0 atom stereocenters. The van der Waals surface area contributed by atoms with Gasteiger partial charge in [0.1, 0.15) is 5.56 Å². The zero-order valence-electron chi connectivity index (χ0n) is 12.7. The van der Waals surface area contributed by atoms with Crippen molar-refractivity contribution in [1.82, 2.24) is 9.97 Å². The van der Waals surface area contributed by atoms with Crippen molar-refractivity contribution in [3.63, 3.8) is 0 Å². The van der Waals surface area contributed by atoms with E-state index in [0.717, 1.165) is 5.69 Å². The van der Waals surface area contributed by atoms with Gasteiger partial charge in [-0.15, -0.1) is 0 Å². The van der Waals surface area contributed by atoms with Gasteiger partial charge in [0.2, 0.25) is 5.88 Å². The summed E-state index contributed by atoms with van der Waals surface area (Å²) < 4.78 is 0. The van der Waals surface area contributed by atoms with Gasteiger partial charge in [-0.2, -0.15) is 0 Å². The molecule has 0 amide bonds. The van der Waals surface area contributed by atoms with Crippen LogP contribution in [0, 0.1) is 0 Å². The van der Waals surface area contributed by atoms with Gasteiger partial charge in [-0.3, -0.25) is 19.8 Å². The number of H-pyrrole nitrogens is 2. The lowest BCUT2D eigenvalue weighted by Crippen LogP contribution is -2.27. The second-order valence-corrected chi connectivity index (χ2v) is 4.95. The molecule has 0 aliphatic carbocycles. The van der Waals surface area contributed by atoms with E-state index < -0.39 is 17.1 Å². The minimum Gasteiger partial charge on any atom is -0.494 e. The predicted molar refractivity (Wildman–Crippen MR) is 86.6 cm³/mol. The predicted octanol–water partition coefficient (Wildman–Crippen LogP) is 1.37. The van der Waals surface area contributed by atoms with E-state index >= 15 is 0 Å². The summed E-state index contributed by atoms with van der Waals surface area (Å²) in [5.41, 5.74) is 0.657. The van der Waals surface area contributed by atoms with Crippen molar-refractivity contribution in [3.05, 3.63) is 50.7 Å². The summed E-state index contributed by atoms with van der Waals surface area (Å²) >= 11 is 0. The molecular weight excluding hydrogens is 284 g/mol. The Labute approximate surface area is 127 Å². The number of hydrogen-bond acceptors (Lipinski definition) is 5. The zero-order valence-corrected chi connectivity index (χ0v) is 12.7. The lowest BCUT2D eigenvalue weighted by Gasteiger charge is -2.12. The number of nitrogens with one attached hydrogen (secondary N) is 2. The Morgan fingerprint density at radius 3 is 2.32 bits per heavy atom. The highest BCUT2D eigenvalue weighted by molar-refractivity contribution is 6.03. The Morgan fingerprint density at radius 2 is 1.82 bits per heavy atom. The fraction of sp³-hybridized carbons (Fsp3) is 0.267. The number of aromatic nitrogens is 2. The van der Waals surface area contributed by atoms with Gasteiger partial charge in [0, 0.05) is 19.8 Å². The van der Waals surface area contributed by atoms with Crippen LogP contribution in [0.4, 0.5) is 11.4 Å². The van der Waals surface area contributed by atoms with Crippen LogP contribution >= 0.6 is 0 Å². The first-order chi connectivity index (χ1) is 10.4. The Kier molecular flexibility index (Phi) is 4.45. The van der Waals surface area contributed by atoms with Gasteiger partial charge < -0.3 is 10.0 Å². The van der Waals surface area contributed by atoms with Crippen molar-refractivity contribution in [2.45, 2.75) is 13.3 Å². The summed E-state index contributed by atoms with van der Waals surface area (Å²) in [6.45, 7) is 1.82. The lowest BCUT2D eigenvalue weighted by molar-refractivity contribution is 0.447. The first-order valence-electron chi connectivity index (χ1n) is 6.83. The van der Waals surface area contributed by atoms with Crippen molar-refractivity contribution >= 4 is 17.1 Å². The molecule has 2 rings (SSSR count). The van der Waals surface area contributed by atoms with Crippen LogP contribution in [0.25, 0.3) is 0 Å². The summed E-state index contributed by atoms with van der Waals surface area (Å²) in [5.74, 6) is -0.473. The number of anilines is 1. The van der Waals surface area contributed by atoms with E-state index in [9.17, 15) is 14.7 Å². The minimum absolute atomic E-state index is 0.0150. The molecule has 7 heteroatoms. The molecule has 0 bridgehead atoms. The normalized spacial score (nSPS) is 11.5. The van der Waals surface area contributed by atoms with Crippen LogP contribution in [0.2, 0.25) is 0 Å². The van der Waals surface area contributed by atoms with Crippen molar-refractivity contribution < 1.29 is 5.11 Å². The molecule has 0 aliphatic rings. The molecule has 3 N–H and O–H groups in total. The molecule has 0 saturated carbocycles. The maximum atomic E-state index is 11.9. The highest BCUT2D eigenvalue weighted by atomic mass is 16.3. The van der Waals surface area contributed by atoms with E-state index in [0.29, 0.717) is 17.8 Å². The third-order valence-electron chi connectivity index (χ3n) is 3.18. The van der Waals surface area contributed by atoms with Gasteiger partial charge >= 0.3 is 5.69 Å². The van der Waals surface area contributed by atoms with Crippen molar-refractivity contribution in [2.24, 2.45) is 4.99 Å². The maximum absolute atomic E-state index is 11.9. The molecule has 0 radical (unpaired) electrons. The smallest absolute Gasteiger partial charge is 0.328 e. The van der Waals surface area contributed by atoms with Crippen LogP contribution in [-0.2, 0) is 0 Å². The molecular formula is C15H18N4O3. The number of hydrogen-bond donors (Lipinski definition) is 3. The fourth-order valence-corrected chi connectivity index (χ4v) is 2.04. The van der Waals surface area contributed by atoms with E-state index in [2.05, 4.69) is 15.0 Å². The molecule has 1 aromatic carbocycles. The summed E-state index contributed by atoms with van der Waals surface area (Å²) in [4.78, 5) is 33.6. The third kappa shape index (κ3) is 3.25. The monoisotopic (exact) mass is 302 g/mol. The number of aromatic hydroxyl groups is 1. The molecule has 22 heavy (non-hydrogen) atoms. The van der Waals surface area contributed by atoms with Gasteiger partial charge in [0.15, 0.2) is 0 Å². The highest BCUT2D eigenvalue weighted by Gasteiger charge is 2.14. The summed E-state index contributed by atoms with van der Waals surface area (Å²) in [7, 11) is 3.88. The Bertz CT molecular complexity index is 801. The van der Waals surface area contributed by atoms with Gasteiger partial charge in [0.05, 0.1) is 11.4 Å². The van der Waals surface area contributed by atoms with Gasteiger partial charge in [-0.1, -0.05) is 6.92 Å². The number of nitrogens with zero attached hydrogens (tertiary/aromatic N) is 2. The van der Waals surface area contributed by atoms with Crippen LogP contribution in [0.1, 0.15) is 18.9 Å². The van der Waals surface area contributed by atoms with Crippen molar-refractivity contribution in [3.8, 4) is 5.88 Å². The Morgan fingerprint density at radius 1 is 1.18 bits per heavy atom. The van der Waals surface area contributed by atoms with E-state index in [1.54, 1.807) is 0 Å². The van der Waals surface area contributed by atoms with Crippen LogP contribution in [0.3, 0.4) is 0 Å². The van der Waals surface area contributed by atoms with E-state index in [1.807, 2.05) is 50.2 Å². The molecule has 2 aromatic rings. The Balaban J connectivity index is 2.48. The van der Waals surface area contributed by atoms with Crippen molar-refractivity contribution in [1.29, 1.82) is 0 Å². The average Bonchev–Trinajstić information content (AvgIpc) is 2.45. The molecule has 1 heterocycles. The van der Waals surface area contributed by atoms with Gasteiger partial charge in [-0.05, 0) is 30.7 Å². The molecule has 0 spiro atoms. The highest BCUT2D eigenvalue weighted by Crippen LogP contribution is 2.20. The second-order valence-electron chi connectivity index (χ2n) is 4.95. The standard InChI is InChI=1S/C15H18N4O3/c1-4-11(12-13(20)17-15(22)18-14(12)21)16-9-5-7-10(8-6-9)19(2)3/h5-8H,4H2,1-3H3,(H3,17,18,20,21,22). The summed E-state index contributed by atoms with van der Waals surface area (Å²) in [6.07, 6.45) is 0.429. The van der Waals surface area contributed by atoms with Crippen LogP contribution < -0.4 is 16.1 Å². The molecule has 0 saturated heterocycles. The van der Waals surface area contributed by atoms with Crippen LogP contribution in [0.15, 0.2) is 38.8 Å². The van der Waals surface area contributed by atoms with Gasteiger partial charge in [-0.25, -0.2) is 4.79 Å². The molecule has 0 aliphatic heterocycles. The summed E-state index contributed by atoms with van der Waals surface area (Å²) in [6, 6.07) is 7.45. The number of rotatable bonds is 4. The van der Waals surface area contributed by atoms with E-state index in [4.69, 9.17) is 0 Å². The number of aliphatic imine (C=N–C) groups is 1. The van der Waals surface area contributed by atoms with Crippen LogP contribution in [0.5, 0.6) is 5.88 Å². The zero-order chi connectivity index (χ0) is 16.3. The molecule has 1 aromatic heterocycles. The first kappa shape index (κ1) is 15.6. The molecule has 0 fully saturated rings. The van der Waals surface area contributed by atoms with E-state index in [-0.39, 0.29) is 5.56 Å². The quantitative estimate of drug-likeness (QED) is 0.742. The minimum atomic E-state index is -0.753. The average molecular weight is 302 g/mol. The maximum Gasteiger partial charge on any atom is 0.328 e. The second kappa shape index (κ2) is 6.30. The SMILES string of the molecule is CCC(=Nc1ccc(N(C)C)cc1)c1c(O)[nH]c(=O)[nH]c1=O. The number of aromatic amines is 2. The van der Waals surface area contributed by atoms with E-state index in [1.165, 1.54) is 0 Å². The fourth-order valence-electron chi connectivity index (χ4n) is 2.04. The number of benzene rings is 1. The van der Waals surface area contributed by atoms with Crippen molar-refractivity contribution in [2.75, 3.05) is 19.0 Å².